The first-order valence-corrected chi connectivity index (χ1v) is 28.5. The van der Waals surface area contributed by atoms with E-state index in [9.17, 15) is 0 Å². The lowest BCUT2D eigenvalue weighted by molar-refractivity contribution is 0.660. The van der Waals surface area contributed by atoms with Gasteiger partial charge in [0.25, 0.3) is 0 Å². The van der Waals surface area contributed by atoms with E-state index in [2.05, 4.69) is 308 Å². The van der Waals surface area contributed by atoms with Crippen LogP contribution in [-0.4, -0.2) is 24.1 Å². The lowest BCUT2D eigenvalue weighted by Gasteiger charge is -2.21. The number of hydrogen-bond acceptors (Lipinski definition) is 3. The van der Waals surface area contributed by atoms with Gasteiger partial charge in [-0.2, -0.15) is 0 Å². The molecule has 83 heavy (non-hydrogen) atoms. The first-order chi connectivity index (χ1) is 40.9. The number of para-hydroxylation sites is 2. The molecule has 5 heteroatoms. The zero-order valence-corrected chi connectivity index (χ0v) is 45.9. The van der Waals surface area contributed by atoms with Crippen LogP contribution in [0.4, 0.5) is 0 Å². The van der Waals surface area contributed by atoms with Crippen LogP contribution in [0.15, 0.2) is 285 Å². The standard InChI is InChI=1S/C78H53N5/c1-78(2)66-33-17-15-29-59(66)65-47-57(43-46-67(65)78)76-79-75(54-39-37-53(38-40-54)50-21-7-3-8-22-50)80-77(81-76)64-45-42-56(52-25-11-5-12-26-52)49-72(64)83-68-34-18-16-30-62(68)73-60(32-20-36-70(73)83)61-31-19-35-69-74(61)63-44-41-55(51-23-9-4-10-24-51)48-71(63)82(69)58-27-13-6-14-28-58/h3-49H,1-2H3. The zero-order chi connectivity index (χ0) is 55.2. The van der Waals surface area contributed by atoms with Crippen molar-refractivity contribution in [3.63, 3.8) is 0 Å². The summed E-state index contributed by atoms with van der Waals surface area (Å²) in [4.78, 5) is 16.4. The van der Waals surface area contributed by atoms with Crippen molar-refractivity contribution in [3.05, 3.63) is 296 Å². The molecule has 16 rings (SSSR count). The number of rotatable bonds is 9. The number of hydrogen-bond donors (Lipinski definition) is 0. The van der Waals surface area contributed by atoms with E-state index in [1.807, 2.05) is 0 Å². The van der Waals surface area contributed by atoms with Gasteiger partial charge < -0.3 is 9.13 Å². The molecule has 0 aliphatic heterocycles. The van der Waals surface area contributed by atoms with Crippen LogP contribution in [-0.2, 0) is 5.41 Å². The zero-order valence-electron chi connectivity index (χ0n) is 45.9. The van der Waals surface area contributed by atoms with E-state index in [0.29, 0.717) is 17.5 Å². The number of fused-ring (bicyclic) bond motifs is 9. The van der Waals surface area contributed by atoms with Crippen LogP contribution in [0.5, 0.6) is 0 Å². The Hall–Kier alpha value is -10.8. The van der Waals surface area contributed by atoms with Gasteiger partial charge in [-0.05, 0) is 121 Å². The van der Waals surface area contributed by atoms with E-state index in [-0.39, 0.29) is 5.41 Å². The van der Waals surface area contributed by atoms with Gasteiger partial charge in [-0.1, -0.05) is 244 Å². The fraction of sp³-hybridized carbons (Fsp3) is 0.0385. The van der Waals surface area contributed by atoms with Gasteiger partial charge in [0.05, 0.1) is 27.8 Å². The summed E-state index contributed by atoms with van der Waals surface area (Å²) in [5.74, 6) is 1.80. The van der Waals surface area contributed by atoms with Crippen molar-refractivity contribution in [1.29, 1.82) is 0 Å². The van der Waals surface area contributed by atoms with Gasteiger partial charge in [0.2, 0.25) is 0 Å². The van der Waals surface area contributed by atoms with Crippen molar-refractivity contribution < 1.29 is 0 Å². The van der Waals surface area contributed by atoms with Crippen molar-refractivity contribution in [2.45, 2.75) is 19.3 Å². The SMILES string of the molecule is CC1(C)c2ccccc2-c2cc(-c3nc(-c4ccc(-c5ccccc5)cc4)nc(-c4ccc(-c5ccccc5)cc4-n4c5ccccc5c5c(-c6cccc7c6c6ccc(-c8ccccc8)cc6n7-c6ccccc6)cccc54)n3)ccc21. The Labute approximate surface area is 481 Å². The number of benzene rings is 12. The lowest BCUT2D eigenvalue weighted by Crippen LogP contribution is -2.14. The van der Waals surface area contributed by atoms with Crippen molar-refractivity contribution in [1.82, 2.24) is 24.1 Å². The highest BCUT2D eigenvalue weighted by molar-refractivity contribution is 6.22. The minimum absolute atomic E-state index is 0.141. The molecule has 3 aromatic heterocycles. The minimum atomic E-state index is -0.141. The molecule has 12 aromatic carbocycles. The fourth-order valence-electron chi connectivity index (χ4n) is 13.2. The van der Waals surface area contributed by atoms with Crippen LogP contribution < -0.4 is 0 Å². The summed E-state index contributed by atoms with van der Waals surface area (Å²) in [6.45, 7) is 4.64. The molecule has 5 nitrogen and oxygen atoms in total. The molecule has 15 aromatic rings. The van der Waals surface area contributed by atoms with Crippen LogP contribution in [0, 0.1) is 0 Å². The molecule has 0 atom stereocenters. The molecular formula is C78H53N5. The number of aromatic nitrogens is 5. The van der Waals surface area contributed by atoms with E-state index in [0.717, 1.165) is 83.3 Å². The van der Waals surface area contributed by atoms with Crippen molar-refractivity contribution in [2.24, 2.45) is 0 Å². The summed E-state index contributed by atoms with van der Waals surface area (Å²) < 4.78 is 4.88. The second kappa shape index (κ2) is 19.2. The monoisotopic (exact) mass is 1060 g/mol. The molecule has 0 radical (unpaired) electrons. The summed E-state index contributed by atoms with van der Waals surface area (Å²) in [7, 11) is 0. The van der Waals surface area contributed by atoms with Gasteiger partial charge in [-0.25, -0.2) is 15.0 Å². The maximum Gasteiger partial charge on any atom is 0.166 e. The van der Waals surface area contributed by atoms with Crippen molar-refractivity contribution in [2.75, 3.05) is 0 Å². The van der Waals surface area contributed by atoms with Crippen LogP contribution in [0.3, 0.4) is 0 Å². The molecule has 0 unspecified atom stereocenters. The molecule has 0 saturated heterocycles. The molecule has 3 heterocycles. The number of nitrogens with zero attached hydrogens (tertiary/aromatic N) is 5. The highest BCUT2D eigenvalue weighted by Crippen LogP contribution is 2.50. The summed E-state index contributed by atoms with van der Waals surface area (Å²) in [6.07, 6.45) is 0. The second-order valence-corrected chi connectivity index (χ2v) is 22.3. The van der Waals surface area contributed by atoms with Crippen molar-refractivity contribution in [3.8, 4) is 101 Å². The molecule has 390 valence electrons. The maximum atomic E-state index is 5.56. The Bertz CT molecular complexity index is 5020. The maximum absolute atomic E-state index is 5.56. The molecule has 0 bridgehead atoms. The molecule has 1 aliphatic rings. The third kappa shape index (κ3) is 7.88. The van der Waals surface area contributed by atoms with Crippen LogP contribution in [0.2, 0.25) is 0 Å². The van der Waals surface area contributed by atoms with Crippen molar-refractivity contribution >= 4 is 43.6 Å². The predicted octanol–water partition coefficient (Wildman–Crippen LogP) is 20.0. The summed E-state index contributed by atoms with van der Waals surface area (Å²) in [5, 5.41) is 4.74. The van der Waals surface area contributed by atoms with Crippen LogP contribution in [0.25, 0.3) is 145 Å². The van der Waals surface area contributed by atoms with Gasteiger partial charge in [0.1, 0.15) is 0 Å². The Kier molecular flexibility index (Phi) is 11.2. The quantitative estimate of drug-likeness (QED) is 0.145. The summed E-state index contributed by atoms with van der Waals surface area (Å²) in [6, 6.07) is 103. The Morgan fingerprint density at radius 3 is 1.41 bits per heavy atom. The van der Waals surface area contributed by atoms with Gasteiger partial charge in [0.15, 0.2) is 17.5 Å². The third-order valence-corrected chi connectivity index (χ3v) is 17.2. The molecule has 0 saturated carbocycles. The molecule has 0 spiro atoms. The Balaban J connectivity index is 0.938. The summed E-state index contributed by atoms with van der Waals surface area (Å²) in [5.41, 5.74) is 23.4. The third-order valence-electron chi connectivity index (χ3n) is 17.2. The Morgan fingerprint density at radius 2 is 0.723 bits per heavy atom. The smallest absolute Gasteiger partial charge is 0.166 e. The normalized spacial score (nSPS) is 12.6. The first kappa shape index (κ1) is 48.2. The van der Waals surface area contributed by atoms with Crippen LogP contribution >= 0.6 is 0 Å². The molecular weight excluding hydrogens is 1010 g/mol. The Morgan fingerprint density at radius 1 is 0.265 bits per heavy atom. The van der Waals surface area contributed by atoms with Gasteiger partial charge >= 0.3 is 0 Å². The van der Waals surface area contributed by atoms with E-state index in [4.69, 9.17) is 15.0 Å². The van der Waals surface area contributed by atoms with E-state index >= 15 is 0 Å². The van der Waals surface area contributed by atoms with E-state index in [1.54, 1.807) is 0 Å². The van der Waals surface area contributed by atoms with Gasteiger partial charge in [-0.3, -0.25) is 0 Å². The second-order valence-electron chi connectivity index (χ2n) is 22.3. The molecule has 0 amide bonds. The average Bonchev–Trinajstić information content (AvgIpc) is 4.37. The van der Waals surface area contributed by atoms with Crippen LogP contribution in [0.1, 0.15) is 25.0 Å². The highest BCUT2D eigenvalue weighted by Gasteiger charge is 2.35. The molecule has 0 fully saturated rings. The molecule has 0 N–H and O–H groups in total. The highest BCUT2D eigenvalue weighted by atomic mass is 15.1. The largest absolute Gasteiger partial charge is 0.309 e. The fourth-order valence-corrected chi connectivity index (χ4v) is 13.2. The van der Waals surface area contributed by atoms with Gasteiger partial charge in [0, 0.05) is 49.3 Å². The molecule has 1 aliphatic carbocycles. The topological polar surface area (TPSA) is 48.5 Å². The van der Waals surface area contributed by atoms with E-state index in [1.165, 1.54) is 55.1 Å². The minimum Gasteiger partial charge on any atom is -0.309 e. The average molecular weight is 1060 g/mol. The van der Waals surface area contributed by atoms with E-state index < -0.39 is 0 Å². The van der Waals surface area contributed by atoms with Gasteiger partial charge in [-0.15, -0.1) is 0 Å². The predicted molar refractivity (Wildman–Crippen MR) is 344 cm³/mol. The lowest BCUT2D eigenvalue weighted by atomic mass is 9.82. The summed E-state index contributed by atoms with van der Waals surface area (Å²) >= 11 is 0. The first-order valence-electron chi connectivity index (χ1n) is 28.5.